The number of methoxy groups -OCH3 is 1. The summed E-state index contributed by atoms with van der Waals surface area (Å²) in [5.74, 6) is 1.65. The molecule has 0 aliphatic carbocycles. The minimum absolute atomic E-state index is 0.679. The molecule has 1 atom stereocenters. The smallest absolute Gasteiger partial charge is 0.119 e. The summed E-state index contributed by atoms with van der Waals surface area (Å²) in [5, 5.41) is 0. The van der Waals surface area contributed by atoms with Gasteiger partial charge in [0.2, 0.25) is 0 Å². The van der Waals surface area contributed by atoms with Gasteiger partial charge in [0.1, 0.15) is 5.75 Å². The molecule has 0 fully saturated rings. The van der Waals surface area contributed by atoms with E-state index in [1.807, 2.05) is 11.8 Å². The topological polar surface area (TPSA) is 9.23 Å². The Hall–Kier alpha value is -1.41. The van der Waals surface area contributed by atoms with Crippen LogP contribution in [0.25, 0.3) is 0 Å². The van der Waals surface area contributed by atoms with Gasteiger partial charge in [-0.05, 0) is 60.6 Å². The molecule has 0 spiro atoms. The summed E-state index contributed by atoms with van der Waals surface area (Å²) >= 11 is 1.91. The van der Waals surface area contributed by atoms with Gasteiger partial charge in [-0.25, -0.2) is 0 Å². The maximum Gasteiger partial charge on any atom is 0.119 e. The SMILES string of the molecule is CCCC1CCc2cc(OC)ccc2Sc2ccccc21. The quantitative estimate of drug-likeness (QED) is 0.721. The van der Waals surface area contributed by atoms with Gasteiger partial charge >= 0.3 is 0 Å². The Labute approximate surface area is 131 Å². The van der Waals surface area contributed by atoms with Crippen molar-refractivity contribution in [2.45, 2.75) is 48.3 Å². The van der Waals surface area contributed by atoms with Crippen LogP contribution in [0.1, 0.15) is 43.2 Å². The lowest BCUT2D eigenvalue weighted by Crippen LogP contribution is -2.06. The predicted molar refractivity (Wildman–Crippen MR) is 89.5 cm³/mol. The van der Waals surface area contributed by atoms with Crippen LogP contribution in [0.4, 0.5) is 0 Å². The van der Waals surface area contributed by atoms with Crippen molar-refractivity contribution in [1.82, 2.24) is 0 Å². The molecule has 2 aromatic carbocycles. The Bertz CT molecular complexity index is 621. The first kappa shape index (κ1) is 14.5. The molecular formula is C19H22OS. The lowest BCUT2D eigenvalue weighted by molar-refractivity contribution is 0.413. The fourth-order valence-corrected chi connectivity index (χ4v) is 4.30. The third-order valence-electron chi connectivity index (χ3n) is 4.25. The molecule has 1 nitrogen and oxygen atoms in total. The van der Waals surface area contributed by atoms with E-state index in [4.69, 9.17) is 4.74 Å². The number of hydrogen-bond donors (Lipinski definition) is 0. The second kappa shape index (κ2) is 6.57. The van der Waals surface area contributed by atoms with Gasteiger partial charge in [-0.1, -0.05) is 43.3 Å². The van der Waals surface area contributed by atoms with E-state index in [1.165, 1.54) is 40.2 Å². The second-order valence-electron chi connectivity index (χ2n) is 5.64. The average Bonchev–Trinajstić information content (AvgIpc) is 2.51. The predicted octanol–water partition coefficient (Wildman–Crippen LogP) is 5.68. The zero-order chi connectivity index (χ0) is 14.7. The van der Waals surface area contributed by atoms with E-state index in [9.17, 15) is 0 Å². The van der Waals surface area contributed by atoms with Crippen LogP contribution in [-0.2, 0) is 6.42 Å². The van der Waals surface area contributed by atoms with Crippen LogP contribution in [0, 0.1) is 0 Å². The fourth-order valence-electron chi connectivity index (χ4n) is 3.14. The number of hydrogen-bond acceptors (Lipinski definition) is 2. The first-order chi connectivity index (χ1) is 10.3. The molecule has 0 saturated carbocycles. The zero-order valence-electron chi connectivity index (χ0n) is 12.8. The molecule has 0 amide bonds. The van der Waals surface area contributed by atoms with E-state index in [-0.39, 0.29) is 0 Å². The van der Waals surface area contributed by atoms with Crippen molar-refractivity contribution in [2.75, 3.05) is 7.11 Å². The van der Waals surface area contributed by atoms with Gasteiger partial charge in [0.05, 0.1) is 7.11 Å². The van der Waals surface area contributed by atoms with E-state index in [0.29, 0.717) is 5.92 Å². The minimum Gasteiger partial charge on any atom is -0.497 e. The molecule has 0 radical (unpaired) electrons. The van der Waals surface area contributed by atoms with Crippen LogP contribution < -0.4 is 4.74 Å². The van der Waals surface area contributed by atoms with Gasteiger partial charge in [-0.3, -0.25) is 0 Å². The summed E-state index contributed by atoms with van der Waals surface area (Å²) in [6, 6.07) is 15.4. The van der Waals surface area contributed by atoms with E-state index in [2.05, 4.69) is 49.4 Å². The first-order valence-electron chi connectivity index (χ1n) is 7.75. The number of fused-ring (bicyclic) bond motifs is 2. The van der Waals surface area contributed by atoms with Gasteiger partial charge < -0.3 is 4.74 Å². The molecule has 3 rings (SSSR count). The largest absolute Gasteiger partial charge is 0.497 e. The Morgan fingerprint density at radius 1 is 1.14 bits per heavy atom. The standard InChI is InChI=1S/C19H22OS/c1-3-6-14-9-10-15-13-16(20-2)11-12-18(15)21-19-8-5-4-7-17(14)19/h4-5,7-8,11-14H,3,6,9-10H2,1-2H3. The summed E-state index contributed by atoms with van der Waals surface area (Å²) in [4.78, 5) is 2.79. The molecule has 0 N–H and O–H groups in total. The third kappa shape index (κ3) is 3.11. The third-order valence-corrected chi connectivity index (χ3v) is 5.46. The van der Waals surface area contributed by atoms with Crippen molar-refractivity contribution >= 4 is 11.8 Å². The van der Waals surface area contributed by atoms with Gasteiger partial charge in [-0.2, -0.15) is 0 Å². The monoisotopic (exact) mass is 298 g/mol. The molecule has 1 aliphatic heterocycles. The highest BCUT2D eigenvalue weighted by molar-refractivity contribution is 7.99. The maximum atomic E-state index is 5.39. The highest BCUT2D eigenvalue weighted by atomic mass is 32.2. The Morgan fingerprint density at radius 3 is 2.81 bits per heavy atom. The second-order valence-corrected chi connectivity index (χ2v) is 6.72. The highest BCUT2D eigenvalue weighted by Gasteiger charge is 2.20. The minimum atomic E-state index is 0.679. The number of rotatable bonds is 3. The van der Waals surface area contributed by atoms with Gasteiger partial charge in [0, 0.05) is 9.79 Å². The van der Waals surface area contributed by atoms with Crippen molar-refractivity contribution in [3.05, 3.63) is 53.6 Å². The molecule has 21 heavy (non-hydrogen) atoms. The molecule has 1 unspecified atom stereocenters. The Morgan fingerprint density at radius 2 is 2.00 bits per heavy atom. The molecule has 0 bridgehead atoms. The summed E-state index contributed by atoms with van der Waals surface area (Å²) in [6.07, 6.45) is 4.88. The lowest BCUT2D eigenvalue weighted by atomic mass is 9.88. The molecule has 1 aliphatic rings. The summed E-state index contributed by atoms with van der Waals surface area (Å²) in [5.41, 5.74) is 2.96. The molecule has 2 aromatic rings. The van der Waals surface area contributed by atoms with E-state index in [1.54, 1.807) is 7.11 Å². The maximum absolute atomic E-state index is 5.39. The van der Waals surface area contributed by atoms with Gasteiger partial charge in [0.25, 0.3) is 0 Å². The lowest BCUT2D eigenvalue weighted by Gasteiger charge is -2.24. The van der Waals surface area contributed by atoms with Crippen molar-refractivity contribution in [1.29, 1.82) is 0 Å². The van der Waals surface area contributed by atoms with Crippen LogP contribution >= 0.6 is 11.8 Å². The van der Waals surface area contributed by atoms with Crippen molar-refractivity contribution in [3.63, 3.8) is 0 Å². The van der Waals surface area contributed by atoms with Gasteiger partial charge in [-0.15, -0.1) is 0 Å². The van der Waals surface area contributed by atoms with Crippen LogP contribution in [0.15, 0.2) is 52.3 Å². The Kier molecular flexibility index (Phi) is 4.54. The highest BCUT2D eigenvalue weighted by Crippen LogP contribution is 2.42. The normalized spacial score (nSPS) is 17.3. The first-order valence-corrected chi connectivity index (χ1v) is 8.57. The number of benzene rings is 2. The van der Waals surface area contributed by atoms with Crippen molar-refractivity contribution in [3.8, 4) is 5.75 Å². The number of aryl methyl sites for hydroxylation is 1. The molecule has 2 heteroatoms. The molecule has 110 valence electrons. The van der Waals surface area contributed by atoms with Crippen molar-refractivity contribution < 1.29 is 4.74 Å². The zero-order valence-corrected chi connectivity index (χ0v) is 13.6. The summed E-state index contributed by atoms with van der Waals surface area (Å²) in [6.45, 7) is 2.28. The van der Waals surface area contributed by atoms with E-state index >= 15 is 0 Å². The molecule has 0 saturated heterocycles. The molecular weight excluding hydrogens is 276 g/mol. The van der Waals surface area contributed by atoms with E-state index in [0.717, 1.165) is 12.2 Å². The van der Waals surface area contributed by atoms with Crippen molar-refractivity contribution in [2.24, 2.45) is 0 Å². The van der Waals surface area contributed by atoms with Crippen LogP contribution in [0.5, 0.6) is 5.75 Å². The number of ether oxygens (including phenoxy) is 1. The average molecular weight is 298 g/mol. The molecule has 0 aromatic heterocycles. The fraction of sp³-hybridized carbons (Fsp3) is 0.368. The summed E-state index contributed by atoms with van der Waals surface area (Å²) in [7, 11) is 1.74. The van der Waals surface area contributed by atoms with Crippen LogP contribution in [0.3, 0.4) is 0 Å². The molecule has 1 heterocycles. The van der Waals surface area contributed by atoms with E-state index < -0.39 is 0 Å². The Balaban J connectivity index is 2.01. The van der Waals surface area contributed by atoms with Crippen LogP contribution in [0.2, 0.25) is 0 Å². The summed E-state index contributed by atoms with van der Waals surface area (Å²) < 4.78 is 5.39. The van der Waals surface area contributed by atoms with Gasteiger partial charge in [0.15, 0.2) is 0 Å². The van der Waals surface area contributed by atoms with Crippen LogP contribution in [-0.4, -0.2) is 7.11 Å².